The number of hydrogen-bond acceptors (Lipinski definition) is 8. The second kappa shape index (κ2) is 14.7. The number of benzene rings is 3. The van der Waals surface area contributed by atoms with E-state index in [9.17, 15) is 18.8 Å². The van der Waals surface area contributed by atoms with Crippen molar-refractivity contribution in [2.75, 3.05) is 43.4 Å². The first-order valence-corrected chi connectivity index (χ1v) is 13.7. The molecule has 1 amide bonds. The van der Waals surface area contributed by atoms with E-state index < -0.39 is 29.5 Å². The van der Waals surface area contributed by atoms with Gasteiger partial charge in [0.25, 0.3) is 0 Å². The lowest BCUT2D eigenvalue weighted by Crippen LogP contribution is -2.44. The highest BCUT2D eigenvalue weighted by Crippen LogP contribution is 2.31. The molecular formula is C32H30F2N6O5. The van der Waals surface area contributed by atoms with E-state index in [0.717, 1.165) is 35.2 Å². The summed E-state index contributed by atoms with van der Waals surface area (Å²) < 4.78 is 30.0. The number of piperazine rings is 1. The number of aromatic nitrogens is 2. The molecule has 1 aromatic heterocycles. The maximum atomic E-state index is 15.0. The summed E-state index contributed by atoms with van der Waals surface area (Å²) in [6.07, 6.45) is 5.69. The number of likely N-dealkylation sites (N-methyl/N-ethyl adjacent to an activating group) is 1. The number of aliphatic carboxylic acids is 2. The lowest BCUT2D eigenvalue weighted by molar-refractivity contribution is -0.134. The first-order valence-electron chi connectivity index (χ1n) is 13.7. The van der Waals surface area contributed by atoms with Crippen molar-refractivity contribution >= 4 is 52.1 Å². The summed E-state index contributed by atoms with van der Waals surface area (Å²) in [4.78, 5) is 43.1. The minimum Gasteiger partial charge on any atom is -0.478 e. The fraction of sp³-hybridized carbons (Fsp3) is 0.156. The first-order chi connectivity index (χ1) is 21.5. The van der Waals surface area contributed by atoms with Crippen LogP contribution in [0.3, 0.4) is 0 Å². The number of carboxylic acid groups (broad SMARTS) is 2. The highest BCUT2D eigenvalue weighted by atomic mass is 19.2. The van der Waals surface area contributed by atoms with Gasteiger partial charge in [0, 0.05) is 61.6 Å². The van der Waals surface area contributed by atoms with Crippen LogP contribution < -0.4 is 16.0 Å². The van der Waals surface area contributed by atoms with Gasteiger partial charge in [0.2, 0.25) is 11.9 Å². The summed E-state index contributed by atoms with van der Waals surface area (Å²) in [7, 11) is 2.01. The van der Waals surface area contributed by atoms with Crippen molar-refractivity contribution in [3.05, 3.63) is 96.2 Å². The van der Waals surface area contributed by atoms with Crippen molar-refractivity contribution in [3.8, 4) is 11.1 Å². The lowest BCUT2D eigenvalue weighted by atomic mass is 10.0. The van der Waals surface area contributed by atoms with Gasteiger partial charge in [0.1, 0.15) is 0 Å². The minimum absolute atomic E-state index is 0.0363. The molecule has 4 aromatic rings. The number of anilines is 3. The molecule has 13 heteroatoms. The average Bonchev–Trinajstić information content (AvgIpc) is 3.02. The van der Waals surface area contributed by atoms with E-state index in [4.69, 9.17) is 15.9 Å². The number of nitrogens with two attached hydrogens (primary N) is 1. The highest BCUT2D eigenvalue weighted by molar-refractivity contribution is 5.95. The van der Waals surface area contributed by atoms with E-state index in [1.54, 1.807) is 18.3 Å². The molecule has 1 saturated heterocycles. The standard InChI is InChI=1S/C28H26F2N6O.C4H4O4/c1-35-12-14-36(15-13-35)23-10-9-22(25(29)26(23)30)33-28-32-17-20-6-3-7-21(27(20)34-28)19-5-2-4-18(16-19)8-11-24(31)37;5-3(6)1-2-4(7)8/h2-11,16-17H,12-15H2,1H3,(H2,31,37)(H,32,33,34);1-2H,(H,5,6)(H,7,8). The van der Waals surface area contributed by atoms with Gasteiger partial charge in [0.15, 0.2) is 11.6 Å². The maximum Gasteiger partial charge on any atom is 0.328 e. The molecule has 1 aliphatic rings. The number of primary amides is 1. The molecule has 232 valence electrons. The number of nitrogens with zero attached hydrogens (tertiary/aromatic N) is 4. The summed E-state index contributed by atoms with van der Waals surface area (Å²) in [6.45, 7) is 2.85. The average molecular weight is 617 g/mol. The number of carbonyl (C=O) groups excluding carboxylic acids is 1. The van der Waals surface area contributed by atoms with Gasteiger partial charge >= 0.3 is 11.9 Å². The number of amides is 1. The number of nitrogens with one attached hydrogen (secondary N) is 1. The third-order valence-electron chi connectivity index (χ3n) is 6.77. The molecule has 0 bridgehead atoms. The molecule has 0 unspecified atom stereocenters. The topological polar surface area (TPSA) is 162 Å². The quantitative estimate of drug-likeness (QED) is 0.210. The van der Waals surface area contributed by atoms with Crippen molar-refractivity contribution in [2.24, 2.45) is 5.73 Å². The highest BCUT2D eigenvalue weighted by Gasteiger charge is 2.22. The number of rotatable bonds is 8. The number of hydrogen-bond donors (Lipinski definition) is 4. The molecule has 0 radical (unpaired) electrons. The van der Waals surface area contributed by atoms with Crippen LogP contribution in [0.4, 0.5) is 26.1 Å². The van der Waals surface area contributed by atoms with Gasteiger partial charge in [-0.25, -0.2) is 28.3 Å². The fourth-order valence-corrected chi connectivity index (χ4v) is 4.53. The Kier molecular flexibility index (Phi) is 10.5. The monoisotopic (exact) mass is 616 g/mol. The van der Waals surface area contributed by atoms with Gasteiger partial charge in [-0.3, -0.25) is 4.79 Å². The van der Waals surface area contributed by atoms with E-state index >= 15 is 4.39 Å². The second-order valence-electron chi connectivity index (χ2n) is 9.98. The Morgan fingerprint density at radius 1 is 0.911 bits per heavy atom. The van der Waals surface area contributed by atoms with Crippen LogP contribution in [0.25, 0.3) is 28.1 Å². The smallest absolute Gasteiger partial charge is 0.328 e. The number of fused-ring (bicyclic) bond motifs is 1. The largest absolute Gasteiger partial charge is 0.478 e. The molecule has 11 nitrogen and oxygen atoms in total. The molecule has 1 fully saturated rings. The molecule has 0 atom stereocenters. The Morgan fingerprint density at radius 2 is 1.60 bits per heavy atom. The third kappa shape index (κ3) is 8.67. The van der Waals surface area contributed by atoms with Gasteiger partial charge < -0.3 is 31.1 Å². The van der Waals surface area contributed by atoms with Crippen LogP contribution in [0.1, 0.15) is 5.56 Å². The molecule has 1 aliphatic heterocycles. The van der Waals surface area contributed by atoms with Crippen molar-refractivity contribution in [1.29, 1.82) is 0 Å². The fourth-order valence-electron chi connectivity index (χ4n) is 4.53. The van der Waals surface area contributed by atoms with E-state index in [2.05, 4.69) is 20.2 Å². The number of carbonyl (C=O) groups is 3. The van der Waals surface area contributed by atoms with Crippen molar-refractivity contribution < 1.29 is 33.4 Å². The molecule has 0 spiro atoms. The summed E-state index contributed by atoms with van der Waals surface area (Å²) in [5, 5.41) is 19.3. The molecule has 5 N–H and O–H groups in total. The van der Waals surface area contributed by atoms with Crippen LogP contribution >= 0.6 is 0 Å². The molecule has 0 saturated carbocycles. The number of para-hydroxylation sites is 1. The van der Waals surface area contributed by atoms with Gasteiger partial charge in [0.05, 0.1) is 16.9 Å². The summed E-state index contributed by atoms with van der Waals surface area (Å²) >= 11 is 0. The summed E-state index contributed by atoms with van der Waals surface area (Å²) in [5.74, 6) is -4.76. The molecule has 5 rings (SSSR count). The summed E-state index contributed by atoms with van der Waals surface area (Å²) in [6, 6.07) is 16.4. The number of carboxylic acids is 2. The predicted molar refractivity (Wildman–Crippen MR) is 167 cm³/mol. The number of halogens is 2. The Bertz CT molecular complexity index is 1770. The van der Waals surface area contributed by atoms with Crippen LogP contribution in [0.2, 0.25) is 0 Å². The van der Waals surface area contributed by atoms with Crippen molar-refractivity contribution in [2.45, 2.75) is 0 Å². The second-order valence-corrected chi connectivity index (χ2v) is 9.98. The zero-order valence-electron chi connectivity index (χ0n) is 24.2. The van der Waals surface area contributed by atoms with E-state index in [1.807, 2.05) is 54.4 Å². The summed E-state index contributed by atoms with van der Waals surface area (Å²) in [5.41, 5.74) is 8.58. The van der Waals surface area contributed by atoms with E-state index in [-0.39, 0.29) is 17.3 Å². The van der Waals surface area contributed by atoms with E-state index in [1.165, 1.54) is 12.1 Å². The molecule has 45 heavy (non-hydrogen) atoms. The van der Waals surface area contributed by atoms with Gasteiger partial charge in [-0.15, -0.1) is 0 Å². The zero-order chi connectivity index (χ0) is 32.5. The normalized spacial score (nSPS) is 13.5. The van der Waals surface area contributed by atoms with Crippen molar-refractivity contribution in [3.63, 3.8) is 0 Å². The van der Waals surface area contributed by atoms with Gasteiger partial charge in [-0.2, -0.15) is 0 Å². The maximum absolute atomic E-state index is 15.0. The predicted octanol–water partition coefficient (Wildman–Crippen LogP) is 4.28. The molecule has 3 aromatic carbocycles. The first kappa shape index (κ1) is 32.2. The van der Waals surface area contributed by atoms with E-state index in [0.29, 0.717) is 30.8 Å². The Hall–Kier alpha value is -5.69. The minimum atomic E-state index is -1.26. The Labute approximate surface area is 256 Å². The SMILES string of the molecule is CN1CCN(c2ccc(Nc3ncc4cccc(-c5cccc(C=CC(N)=O)c5)c4n3)c(F)c2F)CC1.O=C(O)C=CC(=O)O. The lowest BCUT2D eigenvalue weighted by Gasteiger charge is -2.34. The van der Waals surface area contributed by atoms with Gasteiger partial charge in [-0.1, -0.05) is 36.4 Å². The molecular weight excluding hydrogens is 586 g/mol. The van der Waals surface area contributed by atoms with Crippen LogP contribution in [-0.2, 0) is 14.4 Å². The van der Waals surface area contributed by atoms with Gasteiger partial charge in [-0.05, 0) is 42.4 Å². The van der Waals surface area contributed by atoms with Crippen LogP contribution in [0.15, 0.2) is 79.0 Å². The molecule has 0 aliphatic carbocycles. The Balaban J connectivity index is 0.000000510. The zero-order valence-corrected chi connectivity index (χ0v) is 24.2. The van der Waals surface area contributed by atoms with Crippen LogP contribution in [-0.4, -0.2) is 76.2 Å². The van der Waals surface area contributed by atoms with Crippen LogP contribution in [0, 0.1) is 11.6 Å². The van der Waals surface area contributed by atoms with Crippen LogP contribution in [0.5, 0.6) is 0 Å². The third-order valence-corrected chi connectivity index (χ3v) is 6.77. The Morgan fingerprint density at radius 3 is 2.27 bits per heavy atom. The molecule has 2 heterocycles. The van der Waals surface area contributed by atoms with Crippen molar-refractivity contribution in [1.82, 2.24) is 14.9 Å².